The third-order valence-corrected chi connectivity index (χ3v) is 6.19. The van der Waals surface area contributed by atoms with Crippen molar-refractivity contribution in [3.63, 3.8) is 0 Å². The third kappa shape index (κ3) is 4.91. The van der Waals surface area contributed by atoms with Crippen LogP contribution >= 0.6 is 11.6 Å². The molecule has 0 bridgehead atoms. The molecule has 1 N–H and O–H groups in total. The van der Waals surface area contributed by atoms with Gasteiger partial charge in [0.2, 0.25) is 5.91 Å². The van der Waals surface area contributed by atoms with E-state index in [1.165, 1.54) is 7.05 Å². The van der Waals surface area contributed by atoms with Crippen LogP contribution in [0.2, 0.25) is 5.02 Å². The molecule has 0 aliphatic carbocycles. The highest BCUT2D eigenvalue weighted by atomic mass is 35.5. The lowest BCUT2D eigenvalue weighted by Gasteiger charge is -2.38. The van der Waals surface area contributed by atoms with Gasteiger partial charge < -0.3 is 19.5 Å². The lowest BCUT2D eigenvalue weighted by Crippen LogP contribution is -2.41. The highest BCUT2D eigenvalue weighted by Gasteiger charge is 2.36. The minimum Gasteiger partial charge on any atom is -0.493 e. The molecule has 0 saturated heterocycles. The van der Waals surface area contributed by atoms with Crippen molar-refractivity contribution in [1.29, 1.82) is 0 Å². The number of carbonyl (C=O) groups excluding carboxylic acids is 1. The Bertz CT molecular complexity index is 1240. The van der Waals surface area contributed by atoms with E-state index < -0.39 is 12.1 Å². The lowest BCUT2D eigenvalue weighted by molar-refractivity contribution is -0.118. The van der Waals surface area contributed by atoms with Gasteiger partial charge in [0, 0.05) is 23.4 Å². The van der Waals surface area contributed by atoms with Gasteiger partial charge in [-0.3, -0.25) is 9.69 Å². The van der Waals surface area contributed by atoms with Gasteiger partial charge in [-0.25, -0.2) is 4.79 Å². The molecule has 0 unspecified atom stereocenters. The summed E-state index contributed by atoms with van der Waals surface area (Å²) in [4.78, 5) is 27.7. The molecule has 3 aromatic carbocycles. The van der Waals surface area contributed by atoms with Crippen molar-refractivity contribution in [2.24, 2.45) is 0 Å². The van der Waals surface area contributed by atoms with Crippen LogP contribution in [0.3, 0.4) is 0 Å². The Morgan fingerprint density at radius 2 is 1.74 bits per heavy atom. The number of rotatable bonds is 6. The molecule has 1 aliphatic heterocycles. The number of methoxy groups -OCH3 is 1. The number of halogens is 1. The molecular weight excluding hydrogens is 468 g/mol. The Balaban J connectivity index is 1.87. The van der Waals surface area contributed by atoms with Gasteiger partial charge in [0.25, 0.3) is 0 Å². The number of carboxylic acid groups (broad SMARTS) is 1. The summed E-state index contributed by atoms with van der Waals surface area (Å²) < 4.78 is 11.6. The minimum atomic E-state index is -1.06. The highest BCUT2D eigenvalue weighted by Crippen LogP contribution is 2.44. The molecule has 182 valence electrons. The second kappa shape index (κ2) is 9.88. The second-order valence-corrected chi connectivity index (χ2v) is 9.06. The molecule has 0 fully saturated rings. The number of hydrogen-bond acceptors (Lipinski definition) is 4. The first kappa shape index (κ1) is 24.4. The summed E-state index contributed by atoms with van der Waals surface area (Å²) in [6.07, 6.45) is -0.934. The maximum absolute atomic E-state index is 13.5. The number of anilines is 2. The zero-order valence-corrected chi connectivity index (χ0v) is 20.7. The van der Waals surface area contributed by atoms with Crippen LogP contribution in [0.25, 0.3) is 0 Å². The van der Waals surface area contributed by atoms with Gasteiger partial charge in [0.15, 0.2) is 11.5 Å². The van der Waals surface area contributed by atoms with E-state index in [1.807, 2.05) is 38.1 Å². The van der Waals surface area contributed by atoms with Gasteiger partial charge >= 0.3 is 6.09 Å². The lowest BCUT2D eigenvalue weighted by atomic mass is 9.86. The van der Waals surface area contributed by atoms with Crippen LogP contribution in [-0.2, 0) is 11.2 Å². The highest BCUT2D eigenvalue weighted by molar-refractivity contribution is 6.30. The molecule has 1 atom stereocenters. The molecule has 4 rings (SSSR count). The molecule has 35 heavy (non-hydrogen) atoms. The number of nitrogens with zero attached hydrogens (tertiary/aromatic N) is 2. The largest absolute Gasteiger partial charge is 0.493 e. The van der Waals surface area contributed by atoms with E-state index in [1.54, 1.807) is 48.4 Å². The average Bonchev–Trinajstić information content (AvgIpc) is 2.83. The van der Waals surface area contributed by atoms with Crippen molar-refractivity contribution in [2.45, 2.75) is 32.4 Å². The number of ether oxygens (including phenoxy) is 2. The monoisotopic (exact) mass is 494 g/mol. The van der Waals surface area contributed by atoms with E-state index in [-0.39, 0.29) is 18.4 Å². The van der Waals surface area contributed by atoms with Crippen LogP contribution < -0.4 is 19.3 Å². The summed E-state index contributed by atoms with van der Waals surface area (Å²) in [5.74, 6) is 1.10. The molecule has 0 radical (unpaired) electrons. The zero-order chi connectivity index (χ0) is 25.3. The van der Waals surface area contributed by atoms with E-state index >= 15 is 0 Å². The number of amides is 2. The first-order valence-electron chi connectivity index (χ1n) is 11.2. The van der Waals surface area contributed by atoms with Crippen LogP contribution in [0.15, 0.2) is 60.7 Å². The Morgan fingerprint density at radius 1 is 1.09 bits per heavy atom. The van der Waals surface area contributed by atoms with Crippen molar-refractivity contribution in [2.75, 3.05) is 24.0 Å². The van der Waals surface area contributed by atoms with Crippen molar-refractivity contribution in [3.8, 4) is 11.5 Å². The molecule has 1 heterocycles. The van der Waals surface area contributed by atoms with Crippen LogP contribution in [0.5, 0.6) is 11.5 Å². The van der Waals surface area contributed by atoms with Crippen LogP contribution in [0.1, 0.15) is 36.6 Å². The molecule has 7 nitrogen and oxygen atoms in total. The van der Waals surface area contributed by atoms with Gasteiger partial charge in [-0.05, 0) is 79.1 Å². The number of carbonyl (C=O) groups is 2. The summed E-state index contributed by atoms with van der Waals surface area (Å²) in [5, 5.41) is 9.88. The van der Waals surface area contributed by atoms with Crippen molar-refractivity contribution in [1.82, 2.24) is 0 Å². The van der Waals surface area contributed by atoms with Gasteiger partial charge in [0.1, 0.15) is 0 Å². The Hall–Kier alpha value is -3.71. The van der Waals surface area contributed by atoms with Gasteiger partial charge in [-0.2, -0.15) is 0 Å². The SMILES string of the molecule is COc1cc2c(cc1OC(C)C)[C@H](c1ccc(Cl)cc1)N(c1ccc(N(C)C(=O)O)cc1)C(=O)C2. The number of benzene rings is 3. The molecular formula is C27H27ClN2O5. The Kier molecular flexibility index (Phi) is 6.89. The fourth-order valence-electron chi connectivity index (χ4n) is 4.28. The maximum Gasteiger partial charge on any atom is 0.411 e. The third-order valence-electron chi connectivity index (χ3n) is 5.94. The van der Waals surface area contributed by atoms with Crippen LogP contribution in [0.4, 0.5) is 16.2 Å². The summed E-state index contributed by atoms with van der Waals surface area (Å²) >= 11 is 6.16. The molecule has 0 aromatic heterocycles. The molecule has 0 spiro atoms. The van der Waals surface area contributed by atoms with Gasteiger partial charge in [-0.15, -0.1) is 0 Å². The van der Waals surface area contributed by atoms with Crippen LogP contribution in [-0.4, -0.2) is 37.4 Å². The quantitative estimate of drug-likeness (QED) is 0.459. The van der Waals surface area contributed by atoms with Gasteiger partial charge in [0.05, 0.1) is 25.7 Å². The van der Waals surface area contributed by atoms with E-state index in [0.717, 1.165) is 21.6 Å². The fourth-order valence-corrected chi connectivity index (χ4v) is 4.40. The molecule has 0 saturated carbocycles. The van der Waals surface area contributed by atoms with Crippen molar-refractivity contribution >= 4 is 35.0 Å². The Labute approximate surface area is 209 Å². The summed E-state index contributed by atoms with van der Waals surface area (Å²) in [6, 6.07) is 17.7. The fraction of sp³-hybridized carbons (Fsp3) is 0.259. The van der Waals surface area contributed by atoms with E-state index in [0.29, 0.717) is 27.9 Å². The molecule has 8 heteroatoms. The van der Waals surface area contributed by atoms with Crippen molar-refractivity contribution < 1.29 is 24.2 Å². The second-order valence-electron chi connectivity index (χ2n) is 8.62. The number of fused-ring (bicyclic) bond motifs is 1. The predicted octanol–water partition coefficient (Wildman–Crippen LogP) is 5.93. The van der Waals surface area contributed by atoms with Crippen molar-refractivity contribution in [3.05, 3.63) is 82.4 Å². The van der Waals surface area contributed by atoms with Gasteiger partial charge in [-0.1, -0.05) is 23.7 Å². The maximum atomic E-state index is 13.5. The number of hydrogen-bond donors (Lipinski definition) is 1. The summed E-state index contributed by atoms with van der Waals surface area (Å²) in [5.41, 5.74) is 3.84. The predicted molar refractivity (Wildman–Crippen MR) is 136 cm³/mol. The first-order valence-corrected chi connectivity index (χ1v) is 11.6. The normalized spacial score (nSPS) is 15.1. The van der Waals surface area contributed by atoms with E-state index in [4.69, 9.17) is 21.1 Å². The first-order chi connectivity index (χ1) is 16.7. The molecule has 3 aromatic rings. The van der Waals surface area contributed by atoms with Crippen LogP contribution in [0, 0.1) is 0 Å². The topological polar surface area (TPSA) is 79.3 Å². The molecule has 1 aliphatic rings. The smallest absolute Gasteiger partial charge is 0.411 e. The van der Waals surface area contributed by atoms with E-state index in [9.17, 15) is 14.7 Å². The minimum absolute atomic E-state index is 0.0592. The van der Waals surface area contributed by atoms with E-state index in [2.05, 4.69) is 0 Å². The molecule has 2 amide bonds. The average molecular weight is 495 g/mol. The Morgan fingerprint density at radius 3 is 2.31 bits per heavy atom. The zero-order valence-electron chi connectivity index (χ0n) is 20.0. The standard InChI is InChI=1S/C27H27ClN2O5/c1-16(2)35-24-15-22-18(13-23(24)34-4)14-25(31)30(26(22)17-5-7-19(28)8-6-17)21-11-9-20(10-12-21)29(3)27(32)33/h5-13,15-16,26H,14H2,1-4H3,(H,32,33)/t26-/m0/s1. The summed E-state index contributed by atoms with van der Waals surface area (Å²) in [7, 11) is 3.05. The summed E-state index contributed by atoms with van der Waals surface area (Å²) in [6.45, 7) is 3.89.